The molecule has 4 rings (SSSR count). The summed E-state index contributed by atoms with van der Waals surface area (Å²) < 4.78 is 32.3. The van der Waals surface area contributed by atoms with Crippen molar-refractivity contribution in [2.24, 2.45) is 11.8 Å². The van der Waals surface area contributed by atoms with Gasteiger partial charge in [0.15, 0.2) is 5.69 Å². The van der Waals surface area contributed by atoms with Crippen LogP contribution in [0.5, 0.6) is 5.88 Å². The van der Waals surface area contributed by atoms with Crippen LogP contribution in [-0.4, -0.2) is 54.5 Å². The Morgan fingerprint density at radius 2 is 2.03 bits per heavy atom. The molecule has 2 bridgehead atoms. The SMILES string of the molecule is [C-]#[N+]c1ccc(Nc2ccnc(OC3C4COCC3CN(C(=O)OC(C)C)C4)c2F)c(Cl)c1. The number of hydrogen-bond acceptors (Lipinski definition) is 6. The number of benzene rings is 1. The van der Waals surface area contributed by atoms with Crippen molar-refractivity contribution in [2.45, 2.75) is 26.1 Å². The molecule has 2 aromatic rings. The van der Waals surface area contributed by atoms with Gasteiger partial charge in [-0.25, -0.2) is 14.6 Å². The van der Waals surface area contributed by atoms with Gasteiger partial charge in [-0.15, -0.1) is 0 Å². The maximum atomic E-state index is 15.3. The smallest absolute Gasteiger partial charge is 0.410 e. The summed E-state index contributed by atoms with van der Waals surface area (Å²) in [5, 5.41) is 3.24. The molecule has 2 aliphatic rings. The van der Waals surface area contributed by atoms with E-state index in [-0.39, 0.29) is 41.7 Å². The number of nitrogens with zero attached hydrogens (tertiary/aromatic N) is 3. The van der Waals surface area contributed by atoms with Crippen molar-refractivity contribution >= 4 is 34.8 Å². The van der Waals surface area contributed by atoms with Crippen LogP contribution in [0.15, 0.2) is 30.5 Å². The van der Waals surface area contributed by atoms with E-state index >= 15 is 4.39 Å². The summed E-state index contributed by atoms with van der Waals surface area (Å²) in [4.78, 5) is 21.4. The van der Waals surface area contributed by atoms with Gasteiger partial charge in [-0.1, -0.05) is 17.7 Å². The second-order valence-electron chi connectivity index (χ2n) is 8.36. The van der Waals surface area contributed by atoms with Crippen LogP contribution in [0.3, 0.4) is 0 Å². The van der Waals surface area contributed by atoms with Gasteiger partial charge in [-0.2, -0.15) is 4.39 Å². The lowest BCUT2D eigenvalue weighted by molar-refractivity contribution is -0.111. The predicted octanol–water partition coefficient (Wildman–Crippen LogP) is 5.04. The molecular formula is C23H24ClFN4O4. The van der Waals surface area contributed by atoms with Gasteiger partial charge in [0.05, 0.1) is 42.3 Å². The number of amides is 1. The maximum Gasteiger partial charge on any atom is 0.410 e. The van der Waals surface area contributed by atoms with E-state index in [0.717, 1.165) is 0 Å². The molecule has 0 radical (unpaired) electrons. The van der Waals surface area contributed by atoms with Gasteiger partial charge < -0.3 is 24.4 Å². The molecule has 0 saturated carbocycles. The van der Waals surface area contributed by atoms with Crippen LogP contribution in [0.25, 0.3) is 4.85 Å². The summed E-state index contributed by atoms with van der Waals surface area (Å²) in [5.74, 6) is -1.05. The molecule has 2 atom stereocenters. The van der Waals surface area contributed by atoms with Gasteiger partial charge in [0.1, 0.15) is 6.10 Å². The zero-order valence-corrected chi connectivity index (χ0v) is 19.0. The number of aromatic nitrogens is 1. The van der Waals surface area contributed by atoms with E-state index in [0.29, 0.717) is 42.7 Å². The Kier molecular flexibility index (Phi) is 6.86. The number of pyridine rings is 1. The van der Waals surface area contributed by atoms with Crippen LogP contribution < -0.4 is 10.1 Å². The van der Waals surface area contributed by atoms with E-state index in [9.17, 15) is 4.79 Å². The summed E-state index contributed by atoms with van der Waals surface area (Å²) in [6, 6.07) is 6.20. The van der Waals surface area contributed by atoms with Crippen LogP contribution in [0, 0.1) is 24.2 Å². The first kappa shape index (κ1) is 23.1. The number of nitrogens with one attached hydrogen (secondary N) is 1. The highest BCUT2D eigenvalue weighted by molar-refractivity contribution is 6.33. The van der Waals surface area contributed by atoms with Crippen molar-refractivity contribution in [2.75, 3.05) is 31.6 Å². The quantitative estimate of drug-likeness (QED) is 0.612. The zero-order valence-electron chi connectivity index (χ0n) is 18.3. The highest BCUT2D eigenvalue weighted by atomic mass is 35.5. The fourth-order valence-corrected chi connectivity index (χ4v) is 4.29. The lowest BCUT2D eigenvalue weighted by atomic mass is 9.84. The van der Waals surface area contributed by atoms with Crippen molar-refractivity contribution in [1.82, 2.24) is 9.88 Å². The van der Waals surface area contributed by atoms with Gasteiger partial charge >= 0.3 is 6.09 Å². The number of piperidine rings is 1. The van der Waals surface area contributed by atoms with Gasteiger partial charge in [0.25, 0.3) is 5.88 Å². The second-order valence-corrected chi connectivity index (χ2v) is 8.76. The van der Waals surface area contributed by atoms with E-state index in [4.69, 9.17) is 32.4 Å². The third-order valence-corrected chi connectivity index (χ3v) is 5.87. The molecular weight excluding hydrogens is 451 g/mol. The molecule has 10 heteroatoms. The van der Waals surface area contributed by atoms with Crippen molar-refractivity contribution in [3.63, 3.8) is 0 Å². The fraction of sp³-hybridized carbons (Fsp3) is 0.435. The molecule has 2 fully saturated rings. The number of rotatable bonds is 5. The Labute approximate surface area is 196 Å². The normalized spacial score (nSPS) is 21.9. The van der Waals surface area contributed by atoms with Gasteiger partial charge in [0.2, 0.25) is 5.82 Å². The van der Waals surface area contributed by atoms with Crippen molar-refractivity contribution in [3.05, 3.63) is 52.7 Å². The predicted molar refractivity (Wildman–Crippen MR) is 121 cm³/mol. The molecule has 1 aromatic carbocycles. The monoisotopic (exact) mass is 474 g/mol. The van der Waals surface area contributed by atoms with E-state index in [1.807, 2.05) is 0 Å². The van der Waals surface area contributed by atoms with Crippen LogP contribution in [-0.2, 0) is 9.47 Å². The number of carbonyl (C=O) groups excluding carboxylic acids is 1. The molecule has 33 heavy (non-hydrogen) atoms. The average molecular weight is 475 g/mol. The molecule has 1 aromatic heterocycles. The lowest BCUT2D eigenvalue weighted by Crippen LogP contribution is -2.58. The van der Waals surface area contributed by atoms with Crippen molar-refractivity contribution < 1.29 is 23.4 Å². The van der Waals surface area contributed by atoms with Gasteiger partial charge in [-0.05, 0) is 32.0 Å². The Bertz CT molecular complexity index is 1060. The minimum Gasteiger partial charge on any atom is -0.471 e. The van der Waals surface area contributed by atoms with Gasteiger partial charge in [0, 0.05) is 31.1 Å². The number of carbonyl (C=O) groups is 1. The summed E-state index contributed by atoms with van der Waals surface area (Å²) >= 11 is 6.21. The Morgan fingerprint density at radius 3 is 2.67 bits per heavy atom. The highest BCUT2D eigenvalue weighted by Gasteiger charge is 2.44. The highest BCUT2D eigenvalue weighted by Crippen LogP contribution is 2.35. The molecule has 3 heterocycles. The zero-order chi connectivity index (χ0) is 23.5. The molecule has 2 aliphatic heterocycles. The summed E-state index contributed by atoms with van der Waals surface area (Å²) in [6.07, 6.45) is 0.531. The van der Waals surface area contributed by atoms with Crippen LogP contribution in [0.1, 0.15) is 13.8 Å². The molecule has 1 N–H and O–H groups in total. The van der Waals surface area contributed by atoms with Crippen molar-refractivity contribution in [3.8, 4) is 5.88 Å². The minimum absolute atomic E-state index is 0.131. The van der Waals surface area contributed by atoms with E-state index in [1.54, 1.807) is 30.9 Å². The first-order valence-electron chi connectivity index (χ1n) is 10.6. The Hall–Kier alpha value is -3.09. The topological polar surface area (TPSA) is 77.3 Å². The number of hydrogen-bond donors (Lipinski definition) is 1. The number of halogens is 2. The summed E-state index contributed by atoms with van der Waals surface area (Å²) in [6.45, 7) is 12.3. The van der Waals surface area contributed by atoms with Crippen LogP contribution >= 0.6 is 11.6 Å². The lowest BCUT2D eigenvalue weighted by Gasteiger charge is -2.45. The Balaban J connectivity index is 1.49. The standard InChI is InChI=1S/C23H24ClFN4O4/c1-13(2)32-23(30)29-9-14-11-31-12-15(10-29)21(14)33-22-20(25)19(6-7-27-22)28-18-5-4-16(26-3)8-17(18)24/h4-8,13-15,21H,9-12H2,1-2H3,(H,27,28). The first-order valence-corrected chi connectivity index (χ1v) is 11.0. The largest absolute Gasteiger partial charge is 0.471 e. The molecule has 174 valence electrons. The van der Waals surface area contributed by atoms with Crippen LogP contribution in [0.2, 0.25) is 5.02 Å². The van der Waals surface area contributed by atoms with E-state index < -0.39 is 5.82 Å². The van der Waals surface area contributed by atoms with Gasteiger partial charge in [-0.3, -0.25) is 0 Å². The summed E-state index contributed by atoms with van der Waals surface area (Å²) in [7, 11) is 0. The molecule has 1 amide bonds. The third kappa shape index (κ3) is 5.13. The molecule has 0 spiro atoms. The molecule has 2 saturated heterocycles. The molecule has 2 unspecified atom stereocenters. The molecule has 0 aliphatic carbocycles. The fourth-order valence-electron chi connectivity index (χ4n) is 4.07. The number of anilines is 2. The first-order chi connectivity index (χ1) is 15.9. The number of fused-ring (bicyclic) bond motifs is 2. The van der Waals surface area contributed by atoms with E-state index in [1.165, 1.54) is 18.3 Å². The minimum atomic E-state index is -0.650. The summed E-state index contributed by atoms with van der Waals surface area (Å²) in [5.41, 5.74) is 1.00. The molecule has 8 nitrogen and oxygen atoms in total. The van der Waals surface area contributed by atoms with E-state index in [2.05, 4.69) is 15.1 Å². The van der Waals surface area contributed by atoms with Crippen LogP contribution in [0.4, 0.5) is 26.2 Å². The number of ether oxygens (including phenoxy) is 3. The maximum absolute atomic E-state index is 15.3. The number of likely N-dealkylation sites (tertiary alicyclic amines) is 1. The Morgan fingerprint density at radius 1 is 1.30 bits per heavy atom. The third-order valence-electron chi connectivity index (χ3n) is 5.55. The second kappa shape index (κ2) is 9.81. The van der Waals surface area contributed by atoms with Crippen molar-refractivity contribution in [1.29, 1.82) is 0 Å². The average Bonchev–Trinajstić information content (AvgIpc) is 2.76.